The van der Waals surface area contributed by atoms with Gasteiger partial charge >= 0.3 is 0 Å². The number of carbonyl (C=O) groups excluding carboxylic acids is 2. The average molecular weight is 373 g/mol. The summed E-state index contributed by atoms with van der Waals surface area (Å²) in [5.41, 5.74) is 0.783. The summed E-state index contributed by atoms with van der Waals surface area (Å²) >= 11 is 0. The number of likely N-dealkylation sites (N-methyl/N-ethyl adjacent to an activating group) is 1. The van der Waals surface area contributed by atoms with Crippen LogP contribution in [0.2, 0.25) is 0 Å². The number of benzene rings is 1. The molecule has 27 heavy (non-hydrogen) atoms. The van der Waals surface area contributed by atoms with Crippen molar-refractivity contribution >= 4 is 17.4 Å². The van der Waals surface area contributed by atoms with Crippen LogP contribution >= 0.6 is 0 Å². The standard InChI is InChI=1S/C19H23N3O5/c1-12(23)10-22(2)11-15(24)20-8-13-5-4-6-14(7-13)9-21-16-17(25)18(26)19(16)27-3/h4-7,21H,8-11H2,1-3H3,(H,20,24). The molecule has 144 valence electrons. The third kappa shape index (κ3) is 5.49. The molecule has 0 aliphatic heterocycles. The Morgan fingerprint density at radius 1 is 1.07 bits per heavy atom. The van der Waals surface area contributed by atoms with Crippen molar-refractivity contribution < 1.29 is 14.3 Å². The molecule has 0 heterocycles. The van der Waals surface area contributed by atoms with E-state index in [1.807, 2.05) is 24.3 Å². The summed E-state index contributed by atoms with van der Waals surface area (Å²) in [5, 5.41) is 5.72. The molecule has 2 aromatic carbocycles. The fraction of sp³-hybridized carbons (Fsp3) is 0.368. The van der Waals surface area contributed by atoms with E-state index >= 15 is 0 Å². The van der Waals surface area contributed by atoms with Gasteiger partial charge in [-0.3, -0.25) is 24.1 Å². The molecule has 8 heteroatoms. The number of rotatable bonds is 10. The van der Waals surface area contributed by atoms with Crippen LogP contribution in [0.3, 0.4) is 0 Å². The van der Waals surface area contributed by atoms with E-state index in [2.05, 4.69) is 10.6 Å². The second kappa shape index (κ2) is 9.09. The van der Waals surface area contributed by atoms with Crippen LogP contribution in [0.1, 0.15) is 18.1 Å². The van der Waals surface area contributed by atoms with Gasteiger partial charge in [0.1, 0.15) is 11.5 Å². The number of hydrogen-bond acceptors (Lipinski definition) is 7. The van der Waals surface area contributed by atoms with Gasteiger partial charge in [0.15, 0.2) is 5.75 Å². The van der Waals surface area contributed by atoms with Gasteiger partial charge in [0.25, 0.3) is 10.9 Å². The maximum absolute atomic E-state index is 11.9. The minimum atomic E-state index is -0.619. The number of carbonyl (C=O) groups is 2. The van der Waals surface area contributed by atoms with Gasteiger partial charge in [-0.1, -0.05) is 24.3 Å². The van der Waals surface area contributed by atoms with Crippen LogP contribution in [0.15, 0.2) is 33.9 Å². The largest absolute Gasteiger partial charge is 0.491 e. The maximum atomic E-state index is 11.9. The first-order valence-corrected chi connectivity index (χ1v) is 8.45. The molecule has 0 saturated carbocycles. The lowest BCUT2D eigenvalue weighted by Gasteiger charge is -2.15. The number of hydrogen-bond donors (Lipinski definition) is 2. The van der Waals surface area contributed by atoms with E-state index in [9.17, 15) is 19.2 Å². The average Bonchev–Trinajstić information content (AvgIpc) is 2.62. The van der Waals surface area contributed by atoms with E-state index in [1.54, 1.807) is 11.9 Å². The van der Waals surface area contributed by atoms with Gasteiger partial charge in [-0.15, -0.1) is 0 Å². The van der Waals surface area contributed by atoms with Crippen LogP contribution in [-0.2, 0) is 22.7 Å². The summed E-state index contributed by atoms with van der Waals surface area (Å²) in [6.07, 6.45) is 0. The van der Waals surface area contributed by atoms with Crippen molar-refractivity contribution in [3.63, 3.8) is 0 Å². The van der Waals surface area contributed by atoms with E-state index in [0.717, 1.165) is 11.1 Å². The molecular weight excluding hydrogens is 350 g/mol. The molecule has 2 N–H and O–H groups in total. The molecule has 0 saturated heterocycles. The second-order valence-corrected chi connectivity index (χ2v) is 6.39. The molecule has 0 aliphatic rings. The Morgan fingerprint density at radius 2 is 1.74 bits per heavy atom. The zero-order valence-corrected chi connectivity index (χ0v) is 15.6. The van der Waals surface area contributed by atoms with Crippen molar-refractivity contribution in [2.24, 2.45) is 0 Å². The predicted molar refractivity (Wildman–Crippen MR) is 102 cm³/mol. The highest BCUT2D eigenvalue weighted by Crippen LogP contribution is 2.17. The number of methoxy groups -OCH3 is 1. The third-order valence-electron chi connectivity index (χ3n) is 3.93. The number of ether oxygens (including phenoxy) is 1. The van der Waals surface area contributed by atoms with E-state index in [4.69, 9.17) is 4.74 Å². The van der Waals surface area contributed by atoms with Gasteiger partial charge < -0.3 is 15.4 Å². The van der Waals surface area contributed by atoms with Gasteiger partial charge in [0.2, 0.25) is 5.91 Å². The molecule has 1 amide bonds. The summed E-state index contributed by atoms with van der Waals surface area (Å²) in [6.45, 7) is 2.56. The normalized spacial score (nSPS) is 10.8. The summed E-state index contributed by atoms with van der Waals surface area (Å²) < 4.78 is 4.89. The van der Waals surface area contributed by atoms with Crippen LogP contribution in [0.4, 0.5) is 5.69 Å². The Labute approximate surface area is 156 Å². The number of nitrogens with zero attached hydrogens (tertiary/aromatic N) is 1. The van der Waals surface area contributed by atoms with Gasteiger partial charge in [-0.25, -0.2) is 0 Å². The Morgan fingerprint density at radius 3 is 2.37 bits per heavy atom. The smallest absolute Gasteiger partial charge is 0.271 e. The molecule has 8 nitrogen and oxygen atoms in total. The number of nitrogens with one attached hydrogen (secondary N) is 2. The highest BCUT2D eigenvalue weighted by Gasteiger charge is 2.21. The van der Waals surface area contributed by atoms with Crippen LogP contribution in [-0.4, -0.2) is 43.8 Å². The van der Waals surface area contributed by atoms with Gasteiger partial charge in [0.05, 0.1) is 20.2 Å². The quantitative estimate of drug-likeness (QED) is 0.567. The molecule has 0 bridgehead atoms. The van der Waals surface area contributed by atoms with E-state index < -0.39 is 10.9 Å². The highest BCUT2D eigenvalue weighted by molar-refractivity contribution is 5.80. The van der Waals surface area contributed by atoms with Crippen LogP contribution < -0.4 is 26.2 Å². The molecular formula is C19H23N3O5. The highest BCUT2D eigenvalue weighted by atomic mass is 16.5. The molecule has 0 unspecified atom stereocenters. The summed E-state index contributed by atoms with van der Waals surface area (Å²) in [7, 11) is 3.06. The Bertz CT molecular complexity index is 899. The fourth-order valence-electron chi connectivity index (χ4n) is 2.70. The van der Waals surface area contributed by atoms with Crippen molar-refractivity contribution in [2.45, 2.75) is 20.0 Å². The third-order valence-corrected chi connectivity index (χ3v) is 3.93. The molecule has 2 rings (SSSR count). The zero-order valence-electron chi connectivity index (χ0n) is 15.6. The number of amides is 1. The monoisotopic (exact) mass is 373 g/mol. The summed E-state index contributed by atoms with van der Waals surface area (Å²) in [4.78, 5) is 47.5. The van der Waals surface area contributed by atoms with Gasteiger partial charge in [-0.2, -0.15) is 0 Å². The lowest BCUT2D eigenvalue weighted by Crippen LogP contribution is -2.36. The van der Waals surface area contributed by atoms with Gasteiger partial charge in [-0.05, 0) is 25.1 Å². The molecule has 2 aromatic rings. The first-order chi connectivity index (χ1) is 12.8. The fourth-order valence-corrected chi connectivity index (χ4v) is 2.70. The number of Topliss-reactive ketones (excluding diaryl/α,β-unsaturated/α-hetero) is 1. The molecule has 0 atom stereocenters. The van der Waals surface area contributed by atoms with Crippen LogP contribution in [0, 0.1) is 0 Å². The molecule has 0 aliphatic carbocycles. The first kappa shape index (κ1) is 20.3. The van der Waals surface area contributed by atoms with Crippen molar-refractivity contribution in [2.75, 3.05) is 32.6 Å². The van der Waals surface area contributed by atoms with E-state index in [0.29, 0.717) is 13.1 Å². The van der Waals surface area contributed by atoms with Crippen molar-refractivity contribution in [1.82, 2.24) is 10.2 Å². The SMILES string of the molecule is COc1c(NCc2cccc(CNC(=O)CN(C)CC(C)=O)c2)c(=O)c1=O. The first-order valence-electron chi connectivity index (χ1n) is 8.45. The molecule has 0 radical (unpaired) electrons. The van der Waals surface area contributed by atoms with Crippen molar-refractivity contribution in [3.8, 4) is 5.75 Å². The van der Waals surface area contributed by atoms with E-state index in [1.165, 1.54) is 14.0 Å². The van der Waals surface area contributed by atoms with Gasteiger partial charge in [0, 0.05) is 13.1 Å². The lowest BCUT2D eigenvalue weighted by molar-refractivity contribution is -0.123. The molecule has 0 fully saturated rings. The zero-order chi connectivity index (χ0) is 20.0. The topological polar surface area (TPSA) is 105 Å². The Kier molecular flexibility index (Phi) is 6.84. The number of anilines is 1. The number of ketones is 1. The second-order valence-electron chi connectivity index (χ2n) is 6.39. The molecule has 0 spiro atoms. The minimum absolute atomic E-state index is 0.00360. The molecule has 0 aromatic heterocycles. The Balaban J connectivity index is 1.87. The minimum Gasteiger partial charge on any atom is -0.491 e. The van der Waals surface area contributed by atoms with Crippen molar-refractivity contribution in [3.05, 3.63) is 55.8 Å². The summed E-state index contributed by atoms with van der Waals surface area (Å²) in [5.74, 6) is -0.113. The Hall–Kier alpha value is -3.00. The summed E-state index contributed by atoms with van der Waals surface area (Å²) in [6, 6.07) is 7.49. The van der Waals surface area contributed by atoms with Crippen molar-refractivity contribution in [1.29, 1.82) is 0 Å². The van der Waals surface area contributed by atoms with Crippen LogP contribution in [0.25, 0.3) is 0 Å². The predicted octanol–water partition coefficient (Wildman–Crippen LogP) is 0.0403. The maximum Gasteiger partial charge on any atom is 0.271 e. The van der Waals surface area contributed by atoms with E-state index in [-0.39, 0.29) is 36.2 Å². The van der Waals surface area contributed by atoms with Crippen LogP contribution in [0.5, 0.6) is 5.75 Å². The lowest BCUT2D eigenvalue weighted by atomic mass is 10.1.